The maximum absolute atomic E-state index is 12.0. The zero-order valence-corrected chi connectivity index (χ0v) is 13.8. The highest BCUT2D eigenvalue weighted by molar-refractivity contribution is 7.85. The molecule has 0 saturated carbocycles. The van der Waals surface area contributed by atoms with Crippen molar-refractivity contribution in [3.05, 3.63) is 54.1 Å². The van der Waals surface area contributed by atoms with Gasteiger partial charge in [0.25, 0.3) is 10.1 Å². The van der Waals surface area contributed by atoms with Gasteiger partial charge in [0.1, 0.15) is 0 Å². The summed E-state index contributed by atoms with van der Waals surface area (Å²) < 4.78 is 89.2. The normalized spacial score (nSPS) is 11.2. The first-order valence-electron chi connectivity index (χ1n) is 6.21. The van der Waals surface area contributed by atoms with E-state index in [0.29, 0.717) is 0 Å². The molecule has 25 heavy (non-hydrogen) atoms. The molecule has 0 unspecified atom stereocenters. The van der Waals surface area contributed by atoms with E-state index >= 15 is 0 Å². The summed E-state index contributed by atoms with van der Waals surface area (Å²) in [5.41, 5.74) is 4.01. The van der Waals surface area contributed by atoms with E-state index in [1.807, 2.05) is 0 Å². The Hall–Kier alpha value is -2.44. The van der Waals surface area contributed by atoms with Crippen molar-refractivity contribution in [3.63, 3.8) is 0 Å². The fourth-order valence-electron chi connectivity index (χ4n) is 1.54. The first-order chi connectivity index (χ1) is 11.4. The lowest BCUT2D eigenvalue weighted by atomic mass is 10.2. The molecule has 2 aromatic rings. The van der Waals surface area contributed by atoms with Crippen molar-refractivity contribution in [3.8, 4) is 0 Å². The van der Waals surface area contributed by atoms with Gasteiger partial charge < -0.3 is 5.73 Å². The molecule has 0 radical (unpaired) electrons. The zero-order chi connectivity index (χ0) is 19.3. The van der Waals surface area contributed by atoms with Crippen LogP contribution in [-0.2, 0) is 26.8 Å². The van der Waals surface area contributed by atoms with Crippen LogP contribution in [0.4, 0.5) is 24.5 Å². The minimum Gasteiger partial charge on any atom is -0.398 e. The number of hydrogen-bond donors (Lipinski definition) is 2. The second kappa shape index (κ2) is 8.09. The second-order valence-corrected chi connectivity index (χ2v) is 6.40. The first kappa shape index (κ1) is 20.6. The lowest BCUT2D eigenvalue weighted by Crippen LogP contribution is -2.07. The van der Waals surface area contributed by atoms with Crippen LogP contribution in [0.15, 0.2) is 57.8 Å². The van der Waals surface area contributed by atoms with Crippen LogP contribution in [0, 0.1) is 0 Å². The number of benzene rings is 2. The molecule has 0 aliphatic rings. The Labute approximate surface area is 142 Å². The number of anilines is 1. The van der Waals surface area contributed by atoms with Crippen molar-refractivity contribution in [2.75, 3.05) is 5.73 Å². The summed E-state index contributed by atoms with van der Waals surface area (Å²) in [5, 5.41) is 0. The number of nitrogen functional groups attached to an aromatic ring is 1. The minimum atomic E-state index is -4.34. The van der Waals surface area contributed by atoms with Crippen LogP contribution in [0.5, 0.6) is 0 Å². The SMILES string of the molecule is Nc1ccccc1C(F)(F)F.O=S(=O)=Nc1cccc(S(=O)(=O)O)c1. The summed E-state index contributed by atoms with van der Waals surface area (Å²) >= 11 is 0. The average Bonchev–Trinajstić information content (AvgIpc) is 2.46. The van der Waals surface area contributed by atoms with Crippen molar-refractivity contribution in [2.24, 2.45) is 4.36 Å². The summed E-state index contributed by atoms with van der Waals surface area (Å²) in [4.78, 5) is -0.399. The van der Waals surface area contributed by atoms with Crippen molar-refractivity contribution in [2.45, 2.75) is 11.1 Å². The van der Waals surface area contributed by atoms with Crippen molar-refractivity contribution >= 4 is 32.0 Å². The Morgan fingerprint density at radius 3 is 2.08 bits per heavy atom. The molecule has 3 N–H and O–H groups in total. The van der Waals surface area contributed by atoms with Gasteiger partial charge >= 0.3 is 16.7 Å². The fraction of sp³-hybridized carbons (Fsp3) is 0.0769. The van der Waals surface area contributed by atoms with Crippen LogP contribution in [0.2, 0.25) is 0 Å². The standard InChI is InChI=1S/C7H6F3N.C6H5NO5S2/c8-7(9,10)5-3-1-2-4-6(5)11;8-13(9)7-5-2-1-3-6(4-5)14(10,11)12/h1-4H,11H2;1-4H,(H,10,11,12). The Balaban J connectivity index is 0.000000257. The number of rotatable bonds is 2. The number of nitrogens with two attached hydrogens (primary N) is 1. The van der Waals surface area contributed by atoms with Crippen LogP contribution >= 0.6 is 0 Å². The molecule has 0 amide bonds. The van der Waals surface area contributed by atoms with Gasteiger partial charge in [0.15, 0.2) is 0 Å². The molecule has 0 spiro atoms. The van der Waals surface area contributed by atoms with Gasteiger partial charge in [0.05, 0.1) is 16.1 Å². The van der Waals surface area contributed by atoms with Gasteiger partial charge in [-0.15, -0.1) is 4.36 Å². The molecule has 0 bridgehead atoms. The number of nitrogens with zero attached hydrogens (tertiary/aromatic N) is 1. The molecule has 0 atom stereocenters. The van der Waals surface area contributed by atoms with Crippen molar-refractivity contribution in [1.82, 2.24) is 0 Å². The van der Waals surface area contributed by atoms with Gasteiger partial charge in [0, 0.05) is 5.69 Å². The molecule has 12 heteroatoms. The van der Waals surface area contributed by atoms with Gasteiger partial charge in [-0.3, -0.25) is 4.55 Å². The van der Waals surface area contributed by atoms with E-state index in [1.165, 1.54) is 30.3 Å². The van der Waals surface area contributed by atoms with Crippen molar-refractivity contribution in [1.29, 1.82) is 0 Å². The third-order valence-electron chi connectivity index (χ3n) is 2.56. The highest BCUT2D eigenvalue weighted by atomic mass is 32.2. The Morgan fingerprint density at radius 2 is 1.64 bits per heavy atom. The van der Waals surface area contributed by atoms with E-state index in [9.17, 15) is 30.0 Å². The van der Waals surface area contributed by atoms with Gasteiger partial charge in [0.2, 0.25) is 0 Å². The summed E-state index contributed by atoms with van der Waals surface area (Å²) in [6.45, 7) is 0. The van der Waals surface area contributed by atoms with Gasteiger partial charge in [-0.2, -0.15) is 30.0 Å². The topological polar surface area (TPSA) is 127 Å². The molecule has 136 valence electrons. The van der Waals surface area contributed by atoms with Gasteiger partial charge in [-0.1, -0.05) is 18.2 Å². The van der Waals surface area contributed by atoms with E-state index in [-0.39, 0.29) is 11.4 Å². The zero-order valence-electron chi connectivity index (χ0n) is 12.2. The number of alkyl halides is 3. The molecular weight excluding hydrogens is 385 g/mol. The van der Waals surface area contributed by atoms with E-state index in [4.69, 9.17) is 10.3 Å². The molecule has 0 aliphatic carbocycles. The summed E-state index contributed by atoms with van der Waals surface area (Å²) in [6, 6.07) is 9.59. The molecule has 0 heterocycles. The summed E-state index contributed by atoms with van der Waals surface area (Å²) in [6.07, 6.45) is -4.34. The third kappa shape index (κ3) is 6.91. The van der Waals surface area contributed by atoms with E-state index in [0.717, 1.165) is 18.2 Å². The molecule has 7 nitrogen and oxygen atoms in total. The maximum atomic E-state index is 12.0. The monoisotopic (exact) mass is 396 g/mol. The predicted molar refractivity (Wildman–Crippen MR) is 83.1 cm³/mol. The summed E-state index contributed by atoms with van der Waals surface area (Å²) in [7, 11) is -6.98. The molecule has 2 aromatic carbocycles. The largest absolute Gasteiger partial charge is 0.418 e. The fourth-order valence-corrected chi connectivity index (χ4v) is 2.35. The lowest BCUT2D eigenvalue weighted by molar-refractivity contribution is -0.136. The molecule has 2 rings (SSSR count). The summed E-state index contributed by atoms with van der Waals surface area (Å²) in [5.74, 6) is 0. The van der Waals surface area contributed by atoms with Crippen molar-refractivity contribution < 1.29 is 34.6 Å². The van der Waals surface area contributed by atoms with E-state index < -0.39 is 37.3 Å². The Bertz CT molecular complexity index is 979. The highest BCUT2D eigenvalue weighted by Crippen LogP contribution is 2.32. The quantitative estimate of drug-likeness (QED) is 0.594. The number of hydrogen-bond acceptors (Lipinski definition) is 6. The smallest absolute Gasteiger partial charge is 0.398 e. The first-order valence-corrected chi connectivity index (χ1v) is 8.69. The van der Waals surface area contributed by atoms with Gasteiger partial charge in [-0.05, 0) is 30.3 Å². The lowest BCUT2D eigenvalue weighted by Gasteiger charge is -2.07. The van der Waals surface area contributed by atoms with Crippen LogP contribution in [0.3, 0.4) is 0 Å². The average molecular weight is 396 g/mol. The highest BCUT2D eigenvalue weighted by Gasteiger charge is 2.32. The number of para-hydroxylation sites is 1. The predicted octanol–water partition coefficient (Wildman–Crippen LogP) is 2.92. The molecule has 0 aliphatic heterocycles. The molecule has 0 saturated heterocycles. The van der Waals surface area contributed by atoms with Gasteiger partial charge in [-0.25, -0.2) is 0 Å². The third-order valence-corrected chi connectivity index (χ3v) is 3.77. The molecular formula is C13H11F3N2O5S2. The van der Waals surface area contributed by atoms with Crippen LogP contribution in [0.25, 0.3) is 0 Å². The van der Waals surface area contributed by atoms with Crippen LogP contribution in [0.1, 0.15) is 5.56 Å². The Kier molecular flexibility index (Phi) is 6.67. The van der Waals surface area contributed by atoms with Crippen LogP contribution < -0.4 is 5.73 Å². The number of halogens is 3. The van der Waals surface area contributed by atoms with E-state index in [1.54, 1.807) is 0 Å². The second-order valence-electron chi connectivity index (χ2n) is 4.37. The maximum Gasteiger partial charge on any atom is 0.418 e. The molecule has 0 fully saturated rings. The Morgan fingerprint density at radius 1 is 1.04 bits per heavy atom. The van der Waals surface area contributed by atoms with E-state index in [2.05, 4.69) is 4.36 Å². The molecule has 0 aromatic heterocycles. The van der Waals surface area contributed by atoms with Crippen LogP contribution in [-0.4, -0.2) is 21.4 Å². The minimum absolute atomic E-state index is 0.0616.